The van der Waals surface area contributed by atoms with Crippen molar-refractivity contribution in [2.45, 2.75) is 6.92 Å². The molecule has 3 nitrogen and oxygen atoms in total. The van der Waals surface area contributed by atoms with Gasteiger partial charge in [-0.15, -0.1) is 0 Å². The van der Waals surface area contributed by atoms with E-state index in [4.69, 9.17) is 21.1 Å². The minimum Gasteiger partial charge on any atom is -0.493 e. The van der Waals surface area contributed by atoms with Gasteiger partial charge in [-0.3, -0.25) is 0 Å². The van der Waals surface area contributed by atoms with Gasteiger partial charge in [0, 0.05) is 11.6 Å². The van der Waals surface area contributed by atoms with Crippen LogP contribution >= 0.6 is 11.6 Å². The first kappa shape index (κ1) is 16.9. The SMILES string of the molecule is CCOc1cc(Cl)c(C=C(C#N)c2ccccc2F)cc1OC. The highest BCUT2D eigenvalue weighted by atomic mass is 35.5. The summed E-state index contributed by atoms with van der Waals surface area (Å²) in [6.07, 6.45) is 1.53. The maximum atomic E-state index is 13.9. The average molecular weight is 332 g/mol. The van der Waals surface area contributed by atoms with Gasteiger partial charge < -0.3 is 9.47 Å². The summed E-state index contributed by atoms with van der Waals surface area (Å²) in [5, 5.41) is 9.72. The van der Waals surface area contributed by atoms with Gasteiger partial charge in [0.25, 0.3) is 0 Å². The molecular weight excluding hydrogens is 317 g/mol. The van der Waals surface area contributed by atoms with Gasteiger partial charge in [-0.05, 0) is 30.7 Å². The lowest BCUT2D eigenvalue weighted by Gasteiger charge is -2.11. The molecule has 0 fully saturated rings. The topological polar surface area (TPSA) is 42.2 Å². The van der Waals surface area contributed by atoms with Crippen molar-refractivity contribution in [2.24, 2.45) is 0 Å². The second-order valence-electron chi connectivity index (χ2n) is 4.61. The molecule has 0 aliphatic carbocycles. The van der Waals surface area contributed by atoms with Crippen LogP contribution in [0.1, 0.15) is 18.1 Å². The number of rotatable bonds is 5. The van der Waals surface area contributed by atoms with Crippen LogP contribution in [0.3, 0.4) is 0 Å². The molecule has 0 aliphatic heterocycles. The lowest BCUT2D eigenvalue weighted by atomic mass is 10.0. The van der Waals surface area contributed by atoms with Crippen LogP contribution < -0.4 is 9.47 Å². The molecule has 0 saturated heterocycles. The van der Waals surface area contributed by atoms with Crippen molar-refractivity contribution in [3.05, 3.63) is 58.4 Å². The fourth-order valence-corrected chi connectivity index (χ4v) is 2.30. The molecule has 0 atom stereocenters. The molecule has 0 aromatic heterocycles. The zero-order valence-corrected chi connectivity index (χ0v) is 13.5. The lowest BCUT2D eigenvalue weighted by Crippen LogP contribution is -1.96. The Labute approximate surface area is 139 Å². The highest BCUT2D eigenvalue weighted by molar-refractivity contribution is 6.32. The van der Waals surface area contributed by atoms with Crippen LogP contribution in [0.25, 0.3) is 11.6 Å². The minimum absolute atomic E-state index is 0.177. The molecule has 0 unspecified atom stereocenters. The number of hydrogen-bond acceptors (Lipinski definition) is 3. The first-order valence-corrected chi connectivity index (χ1v) is 7.35. The Balaban J connectivity index is 2.53. The van der Waals surface area contributed by atoms with Gasteiger partial charge in [0.05, 0.1) is 30.4 Å². The largest absolute Gasteiger partial charge is 0.493 e. The maximum absolute atomic E-state index is 13.9. The van der Waals surface area contributed by atoms with Crippen LogP contribution in [0.5, 0.6) is 11.5 Å². The first-order valence-electron chi connectivity index (χ1n) is 6.97. The van der Waals surface area contributed by atoms with E-state index < -0.39 is 5.82 Å². The third kappa shape index (κ3) is 3.82. The van der Waals surface area contributed by atoms with Crippen molar-refractivity contribution in [3.8, 4) is 17.6 Å². The lowest BCUT2D eigenvalue weighted by molar-refractivity contribution is 0.311. The quantitative estimate of drug-likeness (QED) is 0.575. The van der Waals surface area contributed by atoms with Crippen LogP contribution in [0.4, 0.5) is 4.39 Å². The first-order chi connectivity index (χ1) is 11.1. The van der Waals surface area contributed by atoms with Gasteiger partial charge >= 0.3 is 0 Å². The van der Waals surface area contributed by atoms with Gasteiger partial charge in [-0.25, -0.2) is 4.39 Å². The molecule has 0 N–H and O–H groups in total. The van der Waals surface area contributed by atoms with E-state index in [-0.39, 0.29) is 11.1 Å². The summed E-state index contributed by atoms with van der Waals surface area (Å²) in [6.45, 7) is 2.33. The maximum Gasteiger partial charge on any atom is 0.162 e. The predicted octanol–water partition coefficient (Wildman–Crippen LogP) is 4.95. The summed E-state index contributed by atoms with van der Waals surface area (Å²) in [6, 6.07) is 11.4. The van der Waals surface area contributed by atoms with Gasteiger partial charge in [0.1, 0.15) is 5.82 Å². The average Bonchev–Trinajstić information content (AvgIpc) is 2.55. The molecule has 0 radical (unpaired) electrons. The van der Waals surface area contributed by atoms with Crippen molar-refractivity contribution < 1.29 is 13.9 Å². The van der Waals surface area contributed by atoms with Crippen molar-refractivity contribution >= 4 is 23.3 Å². The Bertz CT molecular complexity index is 781. The summed E-state index contributed by atoms with van der Waals surface area (Å²) < 4.78 is 24.6. The Kier molecular flexibility index (Phi) is 5.61. The molecule has 2 rings (SSSR count). The van der Waals surface area contributed by atoms with E-state index in [2.05, 4.69) is 0 Å². The molecule has 118 valence electrons. The number of ether oxygens (including phenoxy) is 2. The molecular formula is C18H15ClFNO2. The van der Waals surface area contributed by atoms with Gasteiger partial charge in [0.2, 0.25) is 0 Å². The standard InChI is InChI=1S/C18H15ClFNO2/c1-3-23-18-10-15(19)12(9-17(18)22-2)8-13(11-21)14-6-4-5-7-16(14)20/h4-10H,3H2,1-2H3. The number of allylic oxidation sites excluding steroid dienone is 1. The van der Waals surface area contributed by atoms with Crippen LogP contribution in [-0.4, -0.2) is 13.7 Å². The normalized spacial score (nSPS) is 11.0. The van der Waals surface area contributed by atoms with Gasteiger partial charge in [-0.1, -0.05) is 29.8 Å². The summed E-state index contributed by atoms with van der Waals surface area (Å²) in [7, 11) is 1.52. The number of methoxy groups -OCH3 is 1. The van der Waals surface area contributed by atoms with Gasteiger partial charge in [0.15, 0.2) is 11.5 Å². The Morgan fingerprint density at radius 2 is 2.04 bits per heavy atom. The Hall–Kier alpha value is -2.51. The fraction of sp³-hybridized carbons (Fsp3) is 0.167. The van der Waals surface area contributed by atoms with E-state index in [0.29, 0.717) is 28.7 Å². The van der Waals surface area contributed by atoms with Gasteiger partial charge in [-0.2, -0.15) is 5.26 Å². The molecule has 5 heteroatoms. The Morgan fingerprint density at radius 3 is 2.65 bits per heavy atom. The number of nitriles is 1. The van der Waals surface area contributed by atoms with Crippen LogP contribution in [0.2, 0.25) is 5.02 Å². The second kappa shape index (κ2) is 7.66. The van der Waals surface area contributed by atoms with Crippen molar-refractivity contribution in [3.63, 3.8) is 0 Å². The van der Waals surface area contributed by atoms with Crippen LogP contribution in [0, 0.1) is 17.1 Å². The van der Waals surface area contributed by atoms with E-state index in [0.717, 1.165) is 0 Å². The number of hydrogen-bond donors (Lipinski definition) is 0. The van der Waals surface area contributed by atoms with Crippen molar-refractivity contribution in [1.29, 1.82) is 5.26 Å². The third-order valence-corrected chi connectivity index (χ3v) is 3.49. The molecule has 0 aliphatic rings. The van der Waals surface area contributed by atoms with Crippen molar-refractivity contribution in [2.75, 3.05) is 13.7 Å². The predicted molar refractivity (Wildman–Crippen MR) is 89.1 cm³/mol. The van der Waals surface area contributed by atoms with E-state index in [9.17, 15) is 9.65 Å². The highest BCUT2D eigenvalue weighted by Crippen LogP contribution is 2.35. The third-order valence-electron chi connectivity index (χ3n) is 3.17. The Morgan fingerprint density at radius 1 is 1.30 bits per heavy atom. The van der Waals surface area contributed by atoms with E-state index in [1.165, 1.54) is 19.3 Å². The molecule has 23 heavy (non-hydrogen) atoms. The van der Waals surface area contributed by atoms with E-state index >= 15 is 0 Å². The summed E-state index contributed by atoms with van der Waals surface area (Å²) in [4.78, 5) is 0. The molecule has 2 aromatic carbocycles. The molecule has 0 saturated carbocycles. The summed E-state index contributed by atoms with van der Waals surface area (Å²) in [5.74, 6) is 0.546. The molecule has 0 spiro atoms. The number of benzene rings is 2. The van der Waals surface area contributed by atoms with E-state index in [1.807, 2.05) is 13.0 Å². The molecule has 0 amide bonds. The smallest absolute Gasteiger partial charge is 0.162 e. The summed E-state index contributed by atoms with van der Waals surface area (Å²) >= 11 is 6.24. The molecule has 0 heterocycles. The zero-order valence-electron chi connectivity index (χ0n) is 12.8. The monoisotopic (exact) mass is 331 g/mol. The number of nitrogens with zero attached hydrogens (tertiary/aromatic N) is 1. The van der Waals surface area contributed by atoms with E-state index in [1.54, 1.807) is 30.3 Å². The van der Waals surface area contributed by atoms with Crippen LogP contribution in [0.15, 0.2) is 36.4 Å². The highest BCUT2D eigenvalue weighted by Gasteiger charge is 2.12. The molecule has 0 bridgehead atoms. The van der Waals surface area contributed by atoms with Crippen molar-refractivity contribution in [1.82, 2.24) is 0 Å². The zero-order chi connectivity index (χ0) is 16.8. The fourth-order valence-electron chi connectivity index (χ4n) is 2.09. The molecule has 2 aromatic rings. The second-order valence-corrected chi connectivity index (χ2v) is 5.01. The minimum atomic E-state index is -0.464. The number of halogens is 2. The summed E-state index contributed by atoms with van der Waals surface area (Å²) in [5.41, 5.74) is 0.946. The van der Waals surface area contributed by atoms with Crippen LogP contribution in [-0.2, 0) is 0 Å².